The predicted molar refractivity (Wildman–Crippen MR) is 93.6 cm³/mol. The van der Waals surface area contributed by atoms with Gasteiger partial charge in [-0.15, -0.1) is 0 Å². The molecule has 0 radical (unpaired) electrons. The first-order valence-corrected chi connectivity index (χ1v) is 9.13. The molecule has 4 aliphatic rings. The van der Waals surface area contributed by atoms with Crippen LogP contribution >= 0.6 is 0 Å². The molecule has 4 atom stereocenters. The number of hydrogen-bond donors (Lipinski definition) is 0. The van der Waals surface area contributed by atoms with E-state index in [-0.39, 0.29) is 0 Å². The molecule has 2 aliphatic carbocycles. The summed E-state index contributed by atoms with van der Waals surface area (Å²) in [5.74, 6) is 2.18. The molecule has 0 aromatic carbocycles. The van der Waals surface area contributed by atoms with Crippen molar-refractivity contribution >= 4 is 0 Å². The van der Waals surface area contributed by atoms with E-state index in [1.807, 2.05) is 0 Å². The van der Waals surface area contributed by atoms with E-state index in [9.17, 15) is 0 Å². The van der Waals surface area contributed by atoms with Crippen LogP contribution in [0.2, 0.25) is 0 Å². The number of nitrogens with zero attached hydrogens (tertiary/aromatic N) is 1. The molecule has 1 heteroatoms. The molecule has 4 rings (SSSR count). The fraction of sp³-hybridized carbons (Fsp3) is 0.619. The van der Waals surface area contributed by atoms with E-state index in [0.717, 1.165) is 11.8 Å². The summed E-state index contributed by atoms with van der Waals surface area (Å²) in [6, 6.07) is 0.641. The molecule has 0 N–H and O–H groups in total. The summed E-state index contributed by atoms with van der Waals surface area (Å²) in [4.78, 5) is 2.71. The van der Waals surface area contributed by atoms with Gasteiger partial charge in [-0.05, 0) is 42.9 Å². The second-order valence-electron chi connectivity index (χ2n) is 8.13. The van der Waals surface area contributed by atoms with Gasteiger partial charge in [-0.3, -0.25) is 4.90 Å². The fourth-order valence-corrected chi connectivity index (χ4v) is 5.06. The lowest BCUT2D eigenvalue weighted by atomic mass is 9.67. The van der Waals surface area contributed by atoms with Gasteiger partial charge in [0.25, 0.3) is 0 Å². The average Bonchev–Trinajstić information content (AvgIpc) is 2.93. The van der Waals surface area contributed by atoms with Crippen molar-refractivity contribution in [2.24, 2.45) is 23.2 Å². The summed E-state index contributed by atoms with van der Waals surface area (Å²) in [6.45, 7) is 7.48. The van der Waals surface area contributed by atoms with Crippen molar-refractivity contribution < 1.29 is 0 Å². The minimum atomic E-state index is 0.329. The maximum Gasteiger partial charge on any atom is 0.0350 e. The van der Waals surface area contributed by atoms with Gasteiger partial charge in [0.15, 0.2) is 0 Å². The predicted octanol–water partition coefficient (Wildman–Crippen LogP) is 4.74. The van der Waals surface area contributed by atoms with Crippen LogP contribution in [0.25, 0.3) is 0 Å². The highest BCUT2D eigenvalue weighted by Gasteiger charge is 2.42. The van der Waals surface area contributed by atoms with Gasteiger partial charge in [0.05, 0.1) is 0 Å². The highest BCUT2D eigenvalue weighted by molar-refractivity contribution is 5.29. The smallest absolute Gasteiger partial charge is 0.0350 e. The average molecular weight is 295 g/mol. The molecule has 1 nitrogen and oxygen atoms in total. The zero-order chi connectivity index (χ0) is 15.2. The van der Waals surface area contributed by atoms with Gasteiger partial charge < -0.3 is 0 Å². The fourth-order valence-electron chi connectivity index (χ4n) is 5.06. The van der Waals surface area contributed by atoms with Crippen molar-refractivity contribution in [2.75, 3.05) is 13.1 Å². The zero-order valence-corrected chi connectivity index (χ0v) is 14.0. The van der Waals surface area contributed by atoms with Crippen molar-refractivity contribution in [1.29, 1.82) is 0 Å². The van der Waals surface area contributed by atoms with Crippen LogP contribution in [0, 0.1) is 23.2 Å². The van der Waals surface area contributed by atoms with Crippen LogP contribution in [0.4, 0.5) is 0 Å². The third kappa shape index (κ3) is 2.34. The molecule has 1 fully saturated rings. The number of rotatable bonds is 2. The van der Waals surface area contributed by atoms with Crippen molar-refractivity contribution in [3.8, 4) is 0 Å². The molecule has 4 unspecified atom stereocenters. The molecule has 0 amide bonds. The molecule has 0 saturated carbocycles. The molecular weight excluding hydrogens is 266 g/mol. The largest absolute Gasteiger partial charge is 0.295 e. The molecule has 2 heterocycles. The molecule has 0 bridgehead atoms. The van der Waals surface area contributed by atoms with E-state index < -0.39 is 0 Å². The topological polar surface area (TPSA) is 3.24 Å². The number of fused-ring (bicyclic) bond motifs is 3. The van der Waals surface area contributed by atoms with Crippen LogP contribution in [0.3, 0.4) is 0 Å². The van der Waals surface area contributed by atoms with Crippen LogP contribution in [-0.4, -0.2) is 24.0 Å². The quantitative estimate of drug-likeness (QED) is 0.665. The second-order valence-corrected chi connectivity index (χ2v) is 8.13. The normalized spacial score (nSPS) is 37.8. The van der Waals surface area contributed by atoms with E-state index in [4.69, 9.17) is 0 Å². The monoisotopic (exact) mass is 295 g/mol. The summed E-state index contributed by atoms with van der Waals surface area (Å²) in [6.07, 6.45) is 22.2. The van der Waals surface area contributed by atoms with E-state index in [1.54, 1.807) is 5.57 Å². The lowest BCUT2D eigenvalue weighted by Gasteiger charge is -2.41. The van der Waals surface area contributed by atoms with Crippen molar-refractivity contribution in [3.63, 3.8) is 0 Å². The van der Waals surface area contributed by atoms with E-state index >= 15 is 0 Å². The molecule has 1 saturated heterocycles. The lowest BCUT2D eigenvalue weighted by molar-refractivity contribution is 0.223. The Kier molecular flexibility index (Phi) is 3.64. The summed E-state index contributed by atoms with van der Waals surface area (Å²) < 4.78 is 0. The first-order valence-electron chi connectivity index (χ1n) is 9.13. The van der Waals surface area contributed by atoms with Crippen molar-refractivity contribution in [1.82, 2.24) is 4.90 Å². The molecule has 0 aromatic heterocycles. The molecule has 0 aromatic rings. The summed E-state index contributed by atoms with van der Waals surface area (Å²) in [5.41, 5.74) is 2.05. The van der Waals surface area contributed by atoms with E-state index in [1.165, 1.54) is 38.8 Å². The Bertz CT molecular complexity index is 548. The highest BCUT2D eigenvalue weighted by atomic mass is 15.2. The molecule has 118 valence electrons. The number of hydrogen-bond acceptors (Lipinski definition) is 1. The molecule has 2 aliphatic heterocycles. The Balaban J connectivity index is 1.60. The summed E-state index contributed by atoms with van der Waals surface area (Å²) in [5, 5.41) is 0. The van der Waals surface area contributed by atoms with Gasteiger partial charge >= 0.3 is 0 Å². The minimum absolute atomic E-state index is 0.329. The lowest BCUT2D eigenvalue weighted by Crippen LogP contribution is -2.39. The third-order valence-corrected chi connectivity index (χ3v) is 6.61. The van der Waals surface area contributed by atoms with Crippen LogP contribution in [0.5, 0.6) is 0 Å². The minimum Gasteiger partial charge on any atom is -0.295 e. The maximum atomic E-state index is 2.71. The number of allylic oxidation sites excluding steroid dienone is 4. The van der Waals surface area contributed by atoms with Gasteiger partial charge in [-0.2, -0.15) is 0 Å². The first-order chi connectivity index (χ1) is 10.7. The van der Waals surface area contributed by atoms with Crippen LogP contribution in [0.1, 0.15) is 39.5 Å². The van der Waals surface area contributed by atoms with E-state index in [2.05, 4.69) is 61.3 Å². The maximum absolute atomic E-state index is 2.71. The van der Waals surface area contributed by atoms with Gasteiger partial charge in [0, 0.05) is 25.0 Å². The standard InChI is InChI=1S/C21H29N/c1-21(2,17-9-4-3-5-10-17)18-12-13-22-15-16-8-6-7-11-19(16)20(22)14-18/h4,6-9,11,14,16-17,19-20H,3,5,10,12-13,15H2,1-2H3. The SMILES string of the molecule is CC(C)(C1=CC2C3C=CC=CC3CN2CC1)C1C=CCCC1. The summed E-state index contributed by atoms with van der Waals surface area (Å²) in [7, 11) is 0. The van der Waals surface area contributed by atoms with Gasteiger partial charge in [-0.25, -0.2) is 0 Å². The molecule has 22 heavy (non-hydrogen) atoms. The van der Waals surface area contributed by atoms with Crippen LogP contribution in [-0.2, 0) is 0 Å². The van der Waals surface area contributed by atoms with Crippen molar-refractivity contribution in [2.45, 2.75) is 45.6 Å². The van der Waals surface area contributed by atoms with Gasteiger partial charge in [-0.1, -0.05) is 62.0 Å². The van der Waals surface area contributed by atoms with Crippen LogP contribution in [0.15, 0.2) is 48.1 Å². The Hall–Kier alpha value is -1.08. The van der Waals surface area contributed by atoms with E-state index in [0.29, 0.717) is 17.4 Å². The van der Waals surface area contributed by atoms with Crippen LogP contribution < -0.4 is 0 Å². The molecule has 0 spiro atoms. The Morgan fingerprint density at radius 3 is 2.82 bits per heavy atom. The highest BCUT2D eigenvalue weighted by Crippen LogP contribution is 2.46. The van der Waals surface area contributed by atoms with Crippen molar-refractivity contribution in [3.05, 3.63) is 48.1 Å². The summed E-state index contributed by atoms with van der Waals surface area (Å²) >= 11 is 0. The van der Waals surface area contributed by atoms with Gasteiger partial charge in [0.1, 0.15) is 0 Å². The third-order valence-electron chi connectivity index (χ3n) is 6.61. The Morgan fingerprint density at radius 1 is 1.14 bits per heavy atom. The Morgan fingerprint density at radius 2 is 2.00 bits per heavy atom. The second kappa shape index (κ2) is 5.53. The van der Waals surface area contributed by atoms with Gasteiger partial charge in [0.2, 0.25) is 0 Å². The zero-order valence-electron chi connectivity index (χ0n) is 14.0. The molecular formula is C21H29N. The Labute approximate surface area is 135 Å². The first kappa shape index (κ1) is 14.5.